The maximum atomic E-state index is 13.9. The third-order valence-corrected chi connectivity index (χ3v) is 4.97. The molecule has 1 amide bonds. The van der Waals surface area contributed by atoms with Gasteiger partial charge in [0, 0.05) is 41.8 Å². The van der Waals surface area contributed by atoms with Gasteiger partial charge in [-0.2, -0.15) is 4.98 Å². The van der Waals surface area contributed by atoms with E-state index in [1.807, 2.05) is 25.1 Å². The number of benzene rings is 2. The molecule has 0 atom stereocenters. The molecule has 0 radical (unpaired) electrons. The number of rotatable bonds is 6. The van der Waals surface area contributed by atoms with Gasteiger partial charge in [-0.25, -0.2) is 9.37 Å². The minimum atomic E-state index is -0.587. The summed E-state index contributed by atoms with van der Waals surface area (Å²) < 4.78 is 24.1. The third-order valence-electron chi connectivity index (χ3n) is 4.97. The number of nitrogens with one attached hydrogen (secondary N) is 2. The van der Waals surface area contributed by atoms with E-state index in [9.17, 15) is 9.18 Å². The summed E-state index contributed by atoms with van der Waals surface area (Å²) in [5.41, 5.74) is 2.46. The molecular weight excluding hydrogens is 413 g/mol. The first-order valence-electron chi connectivity index (χ1n) is 10.2. The molecule has 0 saturated carbocycles. The number of hydrogen-bond donors (Lipinski definition) is 2. The highest BCUT2D eigenvalue weighted by atomic mass is 19.1. The van der Waals surface area contributed by atoms with E-state index in [0.717, 1.165) is 30.5 Å². The molecule has 0 unspecified atom stereocenters. The number of amides is 1. The SMILES string of the molecule is COc1ccc(C(=O)Nc2ccc(Nc3cc(C)nc(N4CCOCC4)n3)cc2)cc1F. The second kappa shape index (κ2) is 9.61. The minimum absolute atomic E-state index is 0.0914. The van der Waals surface area contributed by atoms with E-state index in [1.165, 1.54) is 19.2 Å². The molecule has 1 aromatic heterocycles. The highest BCUT2D eigenvalue weighted by molar-refractivity contribution is 6.04. The van der Waals surface area contributed by atoms with Gasteiger partial charge in [0.15, 0.2) is 11.6 Å². The number of carbonyl (C=O) groups is 1. The van der Waals surface area contributed by atoms with E-state index in [4.69, 9.17) is 9.47 Å². The molecule has 2 heterocycles. The van der Waals surface area contributed by atoms with Gasteiger partial charge >= 0.3 is 0 Å². The highest BCUT2D eigenvalue weighted by Gasteiger charge is 2.15. The normalized spacial score (nSPS) is 13.5. The largest absolute Gasteiger partial charge is 0.494 e. The molecule has 0 spiro atoms. The zero-order valence-electron chi connectivity index (χ0n) is 17.9. The number of halogens is 1. The van der Waals surface area contributed by atoms with E-state index in [0.29, 0.717) is 30.7 Å². The second-order valence-corrected chi connectivity index (χ2v) is 7.30. The second-order valence-electron chi connectivity index (χ2n) is 7.30. The quantitative estimate of drug-likeness (QED) is 0.607. The number of ether oxygens (including phenoxy) is 2. The van der Waals surface area contributed by atoms with Crippen LogP contribution in [0.4, 0.5) is 27.5 Å². The molecule has 9 heteroatoms. The van der Waals surface area contributed by atoms with Crippen molar-refractivity contribution in [3.63, 3.8) is 0 Å². The van der Waals surface area contributed by atoms with Crippen molar-refractivity contribution in [2.45, 2.75) is 6.92 Å². The lowest BCUT2D eigenvalue weighted by Gasteiger charge is -2.27. The average Bonchev–Trinajstić information content (AvgIpc) is 2.80. The lowest BCUT2D eigenvalue weighted by Crippen LogP contribution is -2.37. The first-order valence-corrected chi connectivity index (χ1v) is 10.2. The molecule has 4 rings (SSSR count). The molecule has 1 fully saturated rings. The Morgan fingerprint density at radius 1 is 1.06 bits per heavy atom. The van der Waals surface area contributed by atoms with Crippen molar-refractivity contribution in [1.82, 2.24) is 9.97 Å². The number of nitrogens with zero attached hydrogens (tertiary/aromatic N) is 3. The van der Waals surface area contributed by atoms with Crippen LogP contribution in [0.5, 0.6) is 5.75 Å². The minimum Gasteiger partial charge on any atom is -0.494 e. The summed E-state index contributed by atoms with van der Waals surface area (Å²) in [7, 11) is 1.37. The molecule has 2 aromatic carbocycles. The van der Waals surface area contributed by atoms with E-state index < -0.39 is 11.7 Å². The van der Waals surface area contributed by atoms with Crippen LogP contribution in [0.15, 0.2) is 48.5 Å². The summed E-state index contributed by atoms with van der Waals surface area (Å²) in [4.78, 5) is 23.6. The van der Waals surface area contributed by atoms with E-state index in [1.54, 1.807) is 12.1 Å². The van der Waals surface area contributed by atoms with Gasteiger partial charge in [-0.3, -0.25) is 4.79 Å². The zero-order chi connectivity index (χ0) is 22.5. The van der Waals surface area contributed by atoms with Crippen molar-refractivity contribution in [2.24, 2.45) is 0 Å². The molecule has 1 saturated heterocycles. The van der Waals surface area contributed by atoms with Crippen LogP contribution in [0.2, 0.25) is 0 Å². The third kappa shape index (κ3) is 5.12. The Morgan fingerprint density at radius 2 is 1.78 bits per heavy atom. The molecule has 8 nitrogen and oxygen atoms in total. The fourth-order valence-corrected chi connectivity index (χ4v) is 3.32. The standard InChI is InChI=1S/C23H24FN5O3/c1-15-13-21(28-23(25-15)29-9-11-32-12-10-29)26-17-4-6-18(7-5-17)27-22(30)16-3-8-20(31-2)19(24)14-16/h3-8,13-14H,9-12H2,1-2H3,(H,27,30)(H,25,26,28). The monoisotopic (exact) mass is 437 g/mol. The van der Waals surface area contributed by atoms with Gasteiger partial charge in [-0.05, 0) is 49.4 Å². The number of hydrogen-bond acceptors (Lipinski definition) is 7. The van der Waals surface area contributed by atoms with Gasteiger partial charge < -0.3 is 25.0 Å². The Morgan fingerprint density at radius 3 is 2.47 bits per heavy atom. The number of aryl methyl sites for hydroxylation is 1. The summed E-state index contributed by atoms with van der Waals surface area (Å²) in [6.07, 6.45) is 0. The molecule has 0 bridgehead atoms. The Bertz CT molecular complexity index is 1100. The first kappa shape index (κ1) is 21.5. The number of morpholine rings is 1. The average molecular weight is 437 g/mol. The van der Waals surface area contributed by atoms with Gasteiger partial charge in [0.1, 0.15) is 5.82 Å². The topological polar surface area (TPSA) is 88.6 Å². The Kier molecular flexibility index (Phi) is 6.46. The summed E-state index contributed by atoms with van der Waals surface area (Å²) >= 11 is 0. The van der Waals surface area contributed by atoms with Gasteiger partial charge in [-0.1, -0.05) is 0 Å². The number of anilines is 4. The maximum Gasteiger partial charge on any atom is 0.255 e. The maximum absolute atomic E-state index is 13.9. The van der Waals surface area contributed by atoms with Gasteiger partial charge in [0.05, 0.1) is 20.3 Å². The van der Waals surface area contributed by atoms with Crippen molar-refractivity contribution in [3.8, 4) is 5.75 Å². The van der Waals surface area contributed by atoms with Crippen molar-refractivity contribution in [2.75, 3.05) is 48.9 Å². The van der Waals surface area contributed by atoms with Crippen molar-refractivity contribution in [3.05, 3.63) is 65.6 Å². The molecule has 0 aliphatic carbocycles. The Labute approximate surface area is 185 Å². The molecule has 3 aromatic rings. The van der Waals surface area contributed by atoms with Crippen LogP contribution in [-0.4, -0.2) is 49.3 Å². The zero-order valence-corrected chi connectivity index (χ0v) is 17.9. The number of aromatic nitrogens is 2. The van der Waals surface area contributed by atoms with Crippen LogP contribution in [0.3, 0.4) is 0 Å². The van der Waals surface area contributed by atoms with Crippen molar-refractivity contribution < 1.29 is 18.7 Å². The van der Waals surface area contributed by atoms with Crippen molar-refractivity contribution >= 4 is 29.0 Å². The van der Waals surface area contributed by atoms with E-state index in [-0.39, 0.29) is 11.3 Å². The van der Waals surface area contributed by atoms with Gasteiger partial charge in [-0.15, -0.1) is 0 Å². The Hall–Kier alpha value is -3.72. The summed E-state index contributed by atoms with van der Waals surface area (Å²) in [5.74, 6) is 0.453. The predicted molar refractivity (Wildman–Crippen MR) is 120 cm³/mol. The van der Waals surface area contributed by atoms with Crippen LogP contribution >= 0.6 is 0 Å². The first-order chi connectivity index (χ1) is 15.5. The summed E-state index contributed by atoms with van der Waals surface area (Å²) in [6.45, 7) is 4.77. The van der Waals surface area contributed by atoms with Crippen molar-refractivity contribution in [1.29, 1.82) is 0 Å². The smallest absolute Gasteiger partial charge is 0.255 e. The van der Waals surface area contributed by atoms with Crippen LogP contribution in [0.25, 0.3) is 0 Å². The number of carbonyl (C=O) groups excluding carboxylic acids is 1. The molecular formula is C23H24FN5O3. The summed E-state index contributed by atoms with van der Waals surface area (Å²) in [5, 5.41) is 6.03. The molecule has 2 N–H and O–H groups in total. The Balaban J connectivity index is 1.42. The number of methoxy groups -OCH3 is 1. The van der Waals surface area contributed by atoms with Crippen LogP contribution in [-0.2, 0) is 4.74 Å². The fraction of sp³-hybridized carbons (Fsp3) is 0.261. The highest BCUT2D eigenvalue weighted by Crippen LogP contribution is 2.22. The summed E-state index contributed by atoms with van der Waals surface area (Å²) in [6, 6.07) is 13.1. The molecule has 166 valence electrons. The van der Waals surface area contributed by atoms with Gasteiger partial charge in [0.2, 0.25) is 5.95 Å². The van der Waals surface area contributed by atoms with Crippen LogP contribution < -0.4 is 20.3 Å². The molecule has 1 aliphatic rings. The van der Waals surface area contributed by atoms with Gasteiger partial charge in [0.25, 0.3) is 5.91 Å². The van der Waals surface area contributed by atoms with Crippen LogP contribution in [0, 0.1) is 12.7 Å². The predicted octanol–water partition coefficient (Wildman–Crippen LogP) is 3.77. The lowest BCUT2D eigenvalue weighted by molar-refractivity contribution is 0.102. The molecule has 32 heavy (non-hydrogen) atoms. The molecule has 1 aliphatic heterocycles. The lowest BCUT2D eigenvalue weighted by atomic mass is 10.2. The van der Waals surface area contributed by atoms with E-state index >= 15 is 0 Å². The van der Waals surface area contributed by atoms with E-state index in [2.05, 4.69) is 25.5 Å². The van der Waals surface area contributed by atoms with Crippen LogP contribution in [0.1, 0.15) is 16.1 Å². The fourth-order valence-electron chi connectivity index (χ4n) is 3.32.